The average Bonchev–Trinajstić information content (AvgIpc) is 2.98. The van der Waals surface area contributed by atoms with Crippen LogP contribution in [0.15, 0.2) is 30.3 Å². The standard InChI is InChI=1S/C22H28N2O3/c1-15-20(22(26)27-3)16(2)23-21(15)19(25)14-24-11-9-18(10-12-24)13-17-7-5-4-6-8-17/h4-8,18,23H,9-14H2,1-3H3. The van der Waals surface area contributed by atoms with Crippen molar-refractivity contribution in [3.63, 3.8) is 0 Å². The predicted octanol–water partition coefficient (Wildman–Crippen LogP) is 3.56. The zero-order valence-corrected chi connectivity index (χ0v) is 16.4. The van der Waals surface area contributed by atoms with Crippen LogP contribution in [0.5, 0.6) is 0 Å². The summed E-state index contributed by atoms with van der Waals surface area (Å²) in [6.45, 7) is 5.86. The van der Waals surface area contributed by atoms with Gasteiger partial charge >= 0.3 is 5.97 Å². The summed E-state index contributed by atoms with van der Waals surface area (Å²) >= 11 is 0. The number of esters is 1. The summed E-state index contributed by atoms with van der Waals surface area (Å²) in [5.41, 5.74) is 3.76. The molecule has 27 heavy (non-hydrogen) atoms. The van der Waals surface area contributed by atoms with Gasteiger partial charge in [0, 0.05) is 5.69 Å². The van der Waals surface area contributed by atoms with Crippen LogP contribution in [0, 0.1) is 19.8 Å². The Hall–Kier alpha value is -2.40. The molecule has 0 unspecified atom stereocenters. The monoisotopic (exact) mass is 368 g/mol. The highest BCUT2D eigenvalue weighted by molar-refractivity contribution is 6.02. The van der Waals surface area contributed by atoms with Crippen LogP contribution in [0.25, 0.3) is 0 Å². The number of nitrogens with one attached hydrogen (secondary N) is 1. The zero-order valence-electron chi connectivity index (χ0n) is 16.4. The number of rotatable bonds is 6. The van der Waals surface area contributed by atoms with Gasteiger partial charge in [-0.1, -0.05) is 30.3 Å². The second-order valence-electron chi connectivity index (χ2n) is 7.45. The van der Waals surface area contributed by atoms with E-state index in [1.165, 1.54) is 12.7 Å². The van der Waals surface area contributed by atoms with Gasteiger partial charge in [0.2, 0.25) is 0 Å². The molecule has 0 spiro atoms. The van der Waals surface area contributed by atoms with Crippen molar-refractivity contribution in [3.8, 4) is 0 Å². The van der Waals surface area contributed by atoms with Crippen LogP contribution in [0.1, 0.15) is 50.5 Å². The molecule has 0 aliphatic carbocycles. The van der Waals surface area contributed by atoms with Crippen LogP contribution < -0.4 is 0 Å². The van der Waals surface area contributed by atoms with Crippen molar-refractivity contribution in [2.75, 3.05) is 26.7 Å². The summed E-state index contributed by atoms with van der Waals surface area (Å²) in [5.74, 6) is 0.313. The van der Waals surface area contributed by atoms with E-state index in [0.717, 1.165) is 32.4 Å². The maximum absolute atomic E-state index is 12.8. The number of aryl methyl sites for hydroxylation is 1. The molecule has 1 saturated heterocycles. The van der Waals surface area contributed by atoms with E-state index in [-0.39, 0.29) is 5.78 Å². The number of benzene rings is 1. The molecule has 1 aromatic carbocycles. The fourth-order valence-corrected chi connectivity index (χ4v) is 4.02. The minimum Gasteiger partial charge on any atom is -0.465 e. The van der Waals surface area contributed by atoms with E-state index in [0.29, 0.717) is 35.0 Å². The van der Waals surface area contributed by atoms with Gasteiger partial charge in [-0.25, -0.2) is 4.79 Å². The molecular weight excluding hydrogens is 340 g/mol. The minimum absolute atomic E-state index is 0.0345. The number of carbonyl (C=O) groups excluding carboxylic acids is 2. The van der Waals surface area contributed by atoms with Crippen molar-refractivity contribution in [1.82, 2.24) is 9.88 Å². The largest absolute Gasteiger partial charge is 0.465 e. The third-order valence-corrected chi connectivity index (χ3v) is 5.55. The third kappa shape index (κ3) is 4.48. The van der Waals surface area contributed by atoms with Gasteiger partial charge in [0.25, 0.3) is 0 Å². The van der Waals surface area contributed by atoms with E-state index in [1.807, 2.05) is 6.07 Å². The van der Waals surface area contributed by atoms with Crippen LogP contribution in [0.2, 0.25) is 0 Å². The van der Waals surface area contributed by atoms with Gasteiger partial charge in [0.15, 0.2) is 5.78 Å². The number of hydrogen-bond donors (Lipinski definition) is 1. The van der Waals surface area contributed by atoms with Crippen LogP contribution in [-0.4, -0.2) is 48.4 Å². The Morgan fingerprint density at radius 3 is 2.44 bits per heavy atom. The Bertz CT molecular complexity index is 802. The molecule has 1 aliphatic heterocycles. The second-order valence-corrected chi connectivity index (χ2v) is 7.45. The summed E-state index contributed by atoms with van der Waals surface area (Å²) in [4.78, 5) is 30.0. The van der Waals surface area contributed by atoms with Gasteiger partial charge in [0.1, 0.15) is 0 Å². The maximum Gasteiger partial charge on any atom is 0.339 e. The topological polar surface area (TPSA) is 62.4 Å². The molecule has 2 aromatic rings. The Balaban J connectivity index is 1.56. The van der Waals surface area contributed by atoms with Crippen LogP contribution >= 0.6 is 0 Å². The number of hydrogen-bond acceptors (Lipinski definition) is 4. The molecule has 0 atom stereocenters. The smallest absolute Gasteiger partial charge is 0.339 e. The normalized spacial score (nSPS) is 15.7. The zero-order chi connectivity index (χ0) is 19.4. The fourth-order valence-electron chi connectivity index (χ4n) is 4.02. The van der Waals surface area contributed by atoms with Crippen molar-refractivity contribution in [2.45, 2.75) is 33.1 Å². The van der Waals surface area contributed by atoms with Gasteiger partial charge in [0.05, 0.1) is 24.9 Å². The van der Waals surface area contributed by atoms with Gasteiger partial charge in [-0.2, -0.15) is 0 Å². The number of Topliss-reactive ketones (excluding diaryl/α,β-unsaturated/α-hetero) is 1. The second kappa shape index (κ2) is 8.53. The molecule has 2 heterocycles. The van der Waals surface area contributed by atoms with Gasteiger partial charge < -0.3 is 9.72 Å². The van der Waals surface area contributed by atoms with E-state index < -0.39 is 5.97 Å². The Labute approximate surface area is 160 Å². The Kier molecular flexibility index (Phi) is 6.11. The predicted molar refractivity (Wildman–Crippen MR) is 105 cm³/mol. The first-order chi connectivity index (χ1) is 13.0. The van der Waals surface area contributed by atoms with Crippen molar-refractivity contribution < 1.29 is 14.3 Å². The number of methoxy groups -OCH3 is 1. The van der Waals surface area contributed by atoms with E-state index in [2.05, 4.69) is 34.1 Å². The lowest BCUT2D eigenvalue weighted by Gasteiger charge is -2.31. The molecule has 1 aromatic heterocycles. The van der Waals surface area contributed by atoms with Crippen molar-refractivity contribution in [1.29, 1.82) is 0 Å². The number of nitrogens with zero attached hydrogens (tertiary/aromatic N) is 1. The van der Waals surface area contributed by atoms with E-state index in [1.54, 1.807) is 13.8 Å². The van der Waals surface area contributed by atoms with E-state index in [9.17, 15) is 9.59 Å². The lowest BCUT2D eigenvalue weighted by atomic mass is 9.90. The minimum atomic E-state index is -0.401. The van der Waals surface area contributed by atoms with E-state index in [4.69, 9.17) is 4.74 Å². The summed E-state index contributed by atoms with van der Waals surface area (Å²) < 4.78 is 4.82. The number of ether oxygens (including phenoxy) is 1. The lowest BCUT2D eigenvalue weighted by Crippen LogP contribution is -2.38. The molecular formula is C22H28N2O3. The number of piperidine rings is 1. The van der Waals surface area contributed by atoms with E-state index >= 15 is 0 Å². The molecule has 1 N–H and O–H groups in total. The molecule has 0 amide bonds. The molecule has 5 heteroatoms. The fraction of sp³-hybridized carbons (Fsp3) is 0.455. The summed E-state index contributed by atoms with van der Waals surface area (Å²) in [7, 11) is 1.36. The number of H-pyrrole nitrogens is 1. The molecule has 3 rings (SSSR count). The molecule has 0 saturated carbocycles. The lowest BCUT2D eigenvalue weighted by molar-refractivity contribution is 0.0599. The van der Waals surface area contributed by atoms with Crippen LogP contribution in [0.3, 0.4) is 0 Å². The average molecular weight is 368 g/mol. The van der Waals surface area contributed by atoms with Crippen LogP contribution in [0.4, 0.5) is 0 Å². The SMILES string of the molecule is COC(=O)c1c(C)[nH]c(C(=O)CN2CCC(Cc3ccccc3)CC2)c1C. The van der Waals surface area contributed by atoms with Gasteiger partial charge in [-0.05, 0) is 63.2 Å². The molecule has 5 nitrogen and oxygen atoms in total. The number of aromatic nitrogens is 1. The summed E-state index contributed by atoms with van der Waals surface area (Å²) in [5, 5.41) is 0. The molecule has 0 radical (unpaired) electrons. The van der Waals surface area contributed by atoms with Crippen LogP contribution in [-0.2, 0) is 11.2 Å². The maximum atomic E-state index is 12.8. The highest BCUT2D eigenvalue weighted by Gasteiger charge is 2.25. The molecule has 144 valence electrons. The Morgan fingerprint density at radius 1 is 1.15 bits per heavy atom. The Morgan fingerprint density at radius 2 is 1.81 bits per heavy atom. The third-order valence-electron chi connectivity index (χ3n) is 5.55. The highest BCUT2D eigenvalue weighted by atomic mass is 16.5. The first-order valence-electron chi connectivity index (χ1n) is 9.56. The van der Waals surface area contributed by atoms with Crippen molar-refractivity contribution in [3.05, 3.63) is 58.4 Å². The molecule has 1 fully saturated rings. The summed E-state index contributed by atoms with van der Waals surface area (Å²) in [6, 6.07) is 10.6. The van der Waals surface area contributed by atoms with Crippen molar-refractivity contribution >= 4 is 11.8 Å². The molecule has 1 aliphatic rings. The number of likely N-dealkylation sites (tertiary alicyclic amines) is 1. The van der Waals surface area contributed by atoms with Gasteiger partial charge in [-0.15, -0.1) is 0 Å². The first-order valence-corrected chi connectivity index (χ1v) is 9.56. The quantitative estimate of drug-likeness (QED) is 0.626. The van der Waals surface area contributed by atoms with Gasteiger partial charge in [-0.3, -0.25) is 9.69 Å². The molecule has 0 bridgehead atoms. The van der Waals surface area contributed by atoms with Crippen molar-refractivity contribution in [2.24, 2.45) is 5.92 Å². The number of aromatic amines is 1. The highest BCUT2D eigenvalue weighted by Crippen LogP contribution is 2.23. The number of ketones is 1. The number of carbonyl (C=O) groups is 2. The first kappa shape index (κ1) is 19.4. The summed E-state index contributed by atoms with van der Waals surface area (Å²) in [6.07, 6.45) is 3.33.